The van der Waals surface area contributed by atoms with Crippen molar-refractivity contribution in [1.82, 2.24) is 20.0 Å². The molecule has 1 aliphatic carbocycles. The number of hydrogen-bond donors (Lipinski definition) is 2. The van der Waals surface area contributed by atoms with Gasteiger partial charge in [-0.2, -0.15) is 5.10 Å². The second-order valence-corrected chi connectivity index (χ2v) is 12.9. The number of amides is 3. The summed E-state index contributed by atoms with van der Waals surface area (Å²) < 4.78 is 7.20. The molecule has 2 fully saturated rings. The summed E-state index contributed by atoms with van der Waals surface area (Å²) in [5, 5.41) is 10.1. The highest BCUT2D eigenvalue weighted by Gasteiger charge is 2.33. The maximum absolute atomic E-state index is 13.6. The molecule has 3 amide bonds. The molecule has 2 N–H and O–H groups in total. The summed E-state index contributed by atoms with van der Waals surface area (Å²) in [5.41, 5.74) is 1.86. The lowest BCUT2D eigenvalue weighted by molar-refractivity contribution is -0.135. The van der Waals surface area contributed by atoms with Crippen LogP contribution < -0.4 is 10.6 Å². The van der Waals surface area contributed by atoms with E-state index in [4.69, 9.17) is 4.74 Å². The predicted octanol–water partition coefficient (Wildman–Crippen LogP) is 6.29. The first-order valence-electron chi connectivity index (χ1n) is 15.2. The van der Waals surface area contributed by atoms with Gasteiger partial charge in [0.2, 0.25) is 5.91 Å². The Kier molecular flexibility index (Phi) is 10.1. The molecule has 224 valence electrons. The zero-order chi connectivity index (χ0) is 29.6. The van der Waals surface area contributed by atoms with Crippen molar-refractivity contribution in [2.24, 2.45) is 5.92 Å². The molecule has 2 aromatic rings. The lowest BCUT2D eigenvalue weighted by Gasteiger charge is -2.36. The smallest absolute Gasteiger partial charge is 0.408 e. The molecule has 0 bridgehead atoms. The molecule has 1 saturated carbocycles. The first kappa shape index (κ1) is 30.6. The predicted molar refractivity (Wildman–Crippen MR) is 160 cm³/mol. The number of alkyl carbamates (subject to hydrolysis) is 1. The Morgan fingerprint density at radius 2 is 1.63 bits per heavy atom. The van der Waals surface area contributed by atoms with E-state index in [0.717, 1.165) is 31.4 Å². The number of rotatable bonds is 8. The van der Waals surface area contributed by atoms with Gasteiger partial charge in [-0.3, -0.25) is 14.3 Å². The minimum Gasteiger partial charge on any atom is -0.444 e. The van der Waals surface area contributed by atoms with Gasteiger partial charge in [0, 0.05) is 31.0 Å². The van der Waals surface area contributed by atoms with E-state index in [-0.39, 0.29) is 17.9 Å². The maximum Gasteiger partial charge on any atom is 0.408 e. The average molecular weight is 566 g/mol. The molecule has 0 radical (unpaired) electrons. The molecule has 0 spiro atoms. The van der Waals surface area contributed by atoms with Crippen molar-refractivity contribution in [3.8, 4) is 0 Å². The normalized spacial score (nSPS) is 17.8. The van der Waals surface area contributed by atoms with Gasteiger partial charge in [0.15, 0.2) is 0 Å². The third-order valence-corrected chi connectivity index (χ3v) is 8.12. The molecule has 2 heterocycles. The minimum atomic E-state index is -0.615. The Morgan fingerprint density at radius 3 is 2.24 bits per heavy atom. The summed E-state index contributed by atoms with van der Waals surface area (Å²) in [7, 11) is 0. The van der Waals surface area contributed by atoms with Gasteiger partial charge in [-0.05, 0) is 89.5 Å². The fourth-order valence-electron chi connectivity index (χ4n) is 6.02. The first-order chi connectivity index (χ1) is 19.5. The Labute approximate surface area is 244 Å². The van der Waals surface area contributed by atoms with Crippen LogP contribution >= 0.6 is 0 Å². The first-order valence-corrected chi connectivity index (χ1v) is 15.2. The van der Waals surface area contributed by atoms with Crippen LogP contribution in [0, 0.1) is 5.92 Å². The van der Waals surface area contributed by atoms with E-state index in [1.165, 1.54) is 24.8 Å². The summed E-state index contributed by atoms with van der Waals surface area (Å²) in [6.07, 6.45) is 9.34. The molecule has 9 heteroatoms. The number of nitrogens with one attached hydrogen (secondary N) is 2. The van der Waals surface area contributed by atoms with Gasteiger partial charge in [0.1, 0.15) is 17.3 Å². The molecule has 9 nitrogen and oxygen atoms in total. The average Bonchev–Trinajstić information content (AvgIpc) is 3.43. The van der Waals surface area contributed by atoms with E-state index in [0.29, 0.717) is 37.0 Å². The van der Waals surface area contributed by atoms with Gasteiger partial charge >= 0.3 is 6.09 Å². The third-order valence-electron chi connectivity index (χ3n) is 8.12. The van der Waals surface area contributed by atoms with Crippen LogP contribution in [-0.4, -0.2) is 57.3 Å². The van der Waals surface area contributed by atoms with Crippen molar-refractivity contribution in [3.05, 3.63) is 47.8 Å². The molecule has 4 rings (SSSR count). The number of benzene rings is 1. The topological polar surface area (TPSA) is 106 Å². The lowest BCUT2D eigenvalue weighted by Crippen LogP contribution is -2.52. The molecule has 1 atom stereocenters. The zero-order valence-electron chi connectivity index (χ0n) is 25.3. The highest BCUT2D eigenvalue weighted by Crippen LogP contribution is 2.31. The quantitative estimate of drug-likeness (QED) is 0.392. The highest BCUT2D eigenvalue weighted by atomic mass is 16.6. The van der Waals surface area contributed by atoms with E-state index >= 15 is 0 Å². The van der Waals surface area contributed by atoms with Crippen LogP contribution in [-0.2, 0) is 9.53 Å². The Morgan fingerprint density at radius 1 is 0.976 bits per heavy atom. The standard InChI is InChI=1S/C32H47N5O4/c1-22(2)37-28(15-18-33-37)29(38)34-26-13-11-24(12-14-26)25-16-19-36(20-17-25)30(39)27(21-23-9-7-6-8-10-23)35-31(40)41-32(3,4)5/h11-15,18,22-23,25,27H,6-10,16-17,19-21H2,1-5H3,(H,34,38)(H,35,40)/t27-/m1/s1. The van der Waals surface area contributed by atoms with Gasteiger partial charge < -0.3 is 20.3 Å². The van der Waals surface area contributed by atoms with Crippen LogP contribution in [0.2, 0.25) is 0 Å². The van der Waals surface area contributed by atoms with E-state index < -0.39 is 17.7 Å². The summed E-state index contributed by atoms with van der Waals surface area (Å²) >= 11 is 0. The van der Waals surface area contributed by atoms with Crippen LogP contribution in [0.1, 0.15) is 114 Å². The van der Waals surface area contributed by atoms with E-state index in [9.17, 15) is 14.4 Å². The SMILES string of the molecule is CC(C)n1nccc1C(=O)Nc1ccc(C2CCN(C(=O)[C@@H](CC3CCCCC3)NC(=O)OC(C)(C)C)CC2)cc1. The van der Waals surface area contributed by atoms with Crippen LogP contribution in [0.4, 0.5) is 10.5 Å². The number of hydrogen-bond acceptors (Lipinski definition) is 5. The molecular formula is C32H47N5O4. The van der Waals surface area contributed by atoms with E-state index in [1.54, 1.807) is 16.9 Å². The second-order valence-electron chi connectivity index (χ2n) is 12.9. The Hall–Kier alpha value is -3.36. The van der Waals surface area contributed by atoms with Crippen molar-refractivity contribution in [3.63, 3.8) is 0 Å². The summed E-state index contributed by atoms with van der Waals surface area (Å²) in [6.45, 7) is 10.8. The molecule has 1 aliphatic heterocycles. The highest BCUT2D eigenvalue weighted by molar-refractivity contribution is 6.03. The molecule has 1 saturated heterocycles. The van der Waals surface area contributed by atoms with Gasteiger partial charge in [-0.25, -0.2) is 4.79 Å². The molecule has 2 aliphatic rings. The monoisotopic (exact) mass is 565 g/mol. The summed E-state index contributed by atoms with van der Waals surface area (Å²) in [5.74, 6) is 0.606. The van der Waals surface area contributed by atoms with Crippen molar-refractivity contribution in [2.75, 3.05) is 18.4 Å². The van der Waals surface area contributed by atoms with Gasteiger partial charge in [-0.1, -0.05) is 44.2 Å². The van der Waals surface area contributed by atoms with Gasteiger partial charge in [0.05, 0.1) is 0 Å². The maximum atomic E-state index is 13.6. The molecule has 1 aromatic heterocycles. The van der Waals surface area contributed by atoms with Gasteiger partial charge in [-0.15, -0.1) is 0 Å². The van der Waals surface area contributed by atoms with Crippen LogP contribution in [0.15, 0.2) is 36.5 Å². The summed E-state index contributed by atoms with van der Waals surface area (Å²) in [6, 6.07) is 9.26. The second kappa shape index (κ2) is 13.5. The number of likely N-dealkylation sites (tertiary alicyclic amines) is 1. The minimum absolute atomic E-state index is 0.00131. The fourth-order valence-corrected chi connectivity index (χ4v) is 6.02. The van der Waals surface area contributed by atoms with Crippen LogP contribution in [0.25, 0.3) is 0 Å². The largest absolute Gasteiger partial charge is 0.444 e. The fraction of sp³-hybridized carbons (Fsp3) is 0.625. The van der Waals surface area contributed by atoms with E-state index in [2.05, 4.69) is 27.9 Å². The number of aromatic nitrogens is 2. The van der Waals surface area contributed by atoms with Crippen molar-refractivity contribution < 1.29 is 19.1 Å². The Balaban J connectivity index is 1.33. The van der Waals surface area contributed by atoms with Gasteiger partial charge in [0.25, 0.3) is 5.91 Å². The van der Waals surface area contributed by atoms with Crippen molar-refractivity contribution in [1.29, 1.82) is 0 Å². The number of nitrogens with zero attached hydrogens (tertiary/aromatic N) is 3. The van der Waals surface area contributed by atoms with E-state index in [1.807, 2.05) is 51.7 Å². The zero-order valence-corrected chi connectivity index (χ0v) is 25.3. The number of ether oxygens (including phenoxy) is 1. The number of carbonyl (C=O) groups excluding carboxylic acids is 3. The molecule has 1 aromatic carbocycles. The number of piperidine rings is 1. The van der Waals surface area contributed by atoms with Crippen LogP contribution in [0.3, 0.4) is 0 Å². The Bertz CT molecular complexity index is 1170. The third kappa shape index (κ3) is 8.57. The molecule has 0 unspecified atom stereocenters. The number of anilines is 1. The van der Waals surface area contributed by atoms with Crippen LogP contribution in [0.5, 0.6) is 0 Å². The number of carbonyl (C=O) groups is 3. The lowest BCUT2D eigenvalue weighted by atomic mass is 9.84. The molecule has 41 heavy (non-hydrogen) atoms. The van der Waals surface area contributed by atoms with Crippen molar-refractivity contribution >= 4 is 23.6 Å². The summed E-state index contributed by atoms with van der Waals surface area (Å²) in [4.78, 5) is 40.9. The van der Waals surface area contributed by atoms with Crippen molar-refractivity contribution in [2.45, 2.75) is 110 Å². The molecular weight excluding hydrogens is 518 g/mol.